The molecular formula is C23H22N4O5. The molecule has 2 heterocycles. The van der Waals surface area contributed by atoms with Gasteiger partial charge in [-0.2, -0.15) is 10.2 Å². The minimum absolute atomic E-state index is 0.271. The first-order chi connectivity index (χ1) is 15.5. The molecule has 0 saturated carbocycles. The summed E-state index contributed by atoms with van der Waals surface area (Å²) < 4.78 is 16.7. The molecule has 0 unspecified atom stereocenters. The van der Waals surface area contributed by atoms with Crippen LogP contribution in [0.2, 0.25) is 0 Å². The van der Waals surface area contributed by atoms with Crippen molar-refractivity contribution >= 4 is 11.0 Å². The van der Waals surface area contributed by atoms with Crippen molar-refractivity contribution in [3.63, 3.8) is 0 Å². The number of nitriles is 1. The van der Waals surface area contributed by atoms with Gasteiger partial charge in [0.15, 0.2) is 0 Å². The molecule has 4 aromatic rings. The predicted octanol–water partition coefficient (Wildman–Crippen LogP) is 2.95. The van der Waals surface area contributed by atoms with E-state index in [4.69, 9.17) is 19.4 Å². The van der Waals surface area contributed by atoms with Gasteiger partial charge in [0, 0.05) is 16.5 Å². The summed E-state index contributed by atoms with van der Waals surface area (Å²) in [7, 11) is 0. The molecule has 0 amide bonds. The minimum Gasteiger partial charge on any atom is -0.492 e. The maximum atomic E-state index is 9.50. The van der Waals surface area contributed by atoms with E-state index >= 15 is 0 Å². The molecule has 32 heavy (non-hydrogen) atoms. The Kier molecular flexibility index (Phi) is 5.92. The standard InChI is InChI=1S/C23H22N4O5/c1-2-7-30-18-5-4-15(9-17(18)11-24)22-26-21(27-32-22)14-3-6-19-16(8-14)10-20(31-19)23(25,12-28)13-29/h3-6,8-10,28-29H,2,7,12-13,25H2,1H3. The van der Waals surface area contributed by atoms with Gasteiger partial charge in [0.25, 0.3) is 5.89 Å². The fraction of sp³-hybridized carbons (Fsp3) is 0.261. The lowest BCUT2D eigenvalue weighted by molar-refractivity contribution is 0.105. The maximum absolute atomic E-state index is 9.50. The van der Waals surface area contributed by atoms with Crippen LogP contribution in [0.4, 0.5) is 0 Å². The highest BCUT2D eigenvalue weighted by Gasteiger charge is 2.30. The van der Waals surface area contributed by atoms with Crippen LogP contribution in [0.5, 0.6) is 5.75 Å². The minimum atomic E-state index is -1.37. The van der Waals surface area contributed by atoms with Crippen LogP contribution in [0.15, 0.2) is 51.4 Å². The van der Waals surface area contributed by atoms with Crippen molar-refractivity contribution in [1.82, 2.24) is 10.1 Å². The predicted molar refractivity (Wildman–Crippen MR) is 115 cm³/mol. The van der Waals surface area contributed by atoms with Crippen LogP contribution in [-0.2, 0) is 5.54 Å². The highest BCUT2D eigenvalue weighted by Crippen LogP contribution is 2.31. The zero-order valence-corrected chi connectivity index (χ0v) is 17.4. The molecule has 164 valence electrons. The normalized spacial score (nSPS) is 11.6. The first-order valence-corrected chi connectivity index (χ1v) is 10.1. The Labute approximate surface area is 183 Å². The van der Waals surface area contributed by atoms with E-state index < -0.39 is 18.8 Å². The number of fused-ring (bicyclic) bond motifs is 1. The monoisotopic (exact) mass is 434 g/mol. The van der Waals surface area contributed by atoms with E-state index in [1.807, 2.05) is 6.92 Å². The van der Waals surface area contributed by atoms with Crippen molar-refractivity contribution in [2.45, 2.75) is 18.9 Å². The average Bonchev–Trinajstić information content (AvgIpc) is 3.49. The lowest BCUT2D eigenvalue weighted by Gasteiger charge is -2.21. The van der Waals surface area contributed by atoms with Gasteiger partial charge in [-0.3, -0.25) is 0 Å². The van der Waals surface area contributed by atoms with E-state index in [0.29, 0.717) is 45.8 Å². The van der Waals surface area contributed by atoms with E-state index in [2.05, 4.69) is 16.2 Å². The number of hydrogen-bond donors (Lipinski definition) is 3. The third-order valence-corrected chi connectivity index (χ3v) is 5.06. The van der Waals surface area contributed by atoms with Gasteiger partial charge in [-0.05, 0) is 48.9 Å². The molecule has 2 aromatic carbocycles. The Morgan fingerprint density at radius 3 is 2.62 bits per heavy atom. The van der Waals surface area contributed by atoms with E-state index in [9.17, 15) is 15.5 Å². The van der Waals surface area contributed by atoms with E-state index in [-0.39, 0.29) is 11.7 Å². The van der Waals surface area contributed by atoms with Crippen molar-refractivity contribution < 1.29 is 23.9 Å². The number of benzene rings is 2. The largest absolute Gasteiger partial charge is 0.492 e. The van der Waals surface area contributed by atoms with Crippen molar-refractivity contribution in [2.24, 2.45) is 5.73 Å². The first kappa shape index (κ1) is 21.5. The second kappa shape index (κ2) is 8.80. The van der Waals surface area contributed by atoms with Crippen LogP contribution in [0, 0.1) is 11.3 Å². The number of furan rings is 1. The van der Waals surface area contributed by atoms with Crippen molar-refractivity contribution in [1.29, 1.82) is 5.26 Å². The zero-order chi connectivity index (χ0) is 22.7. The van der Waals surface area contributed by atoms with E-state index in [1.165, 1.54) is 0 Å². The molecule has 9 nitrogen and oxygen atoms in total. The van der Waals surface area contributed by atoms with Gasteiger partial charge in [0.1, 0.15) is 28.7 Å². The number of ether oxygens (including phenoxy) is 1. The number of aliphatic hydroxyl groups is 2. The molecule has 0 spiro atoms. The molecule has 4 rings (SSSR count). The highest BCUT2D eigenvalue weighted by atomic mass is 16.5. The molecule has 0 bridgehead atoms. The van der Waals surface area contributed by atoms with Gasteiger partial charge >= 0.3 is 0 Å². The Bertz CT molecular complexity index is 1280. The van der Waals surface area contributed by atoms with Crippen LogP contribution in [0.3, 0.4) is 0 Å². The maximum Gasteiger partial charge on any atom is 0.258 e. The zero-order valence-electron chi connectivity index (χ0n) is 17.4. The quantitative estimate of drug-likeness (QED) is 0.380. The lowest BCUT2D eigenvalue weighted by atomic mass is 10.00. The third-order valence-electron chi connectivity index (χ3n) is 5.06. The van der Waals surface area contributed by atoms with Gasteiger partial charge in [-0.1, -0.05) is 12.1 Å². The van der Waals surface area contributed by atoms with Gasteiger partial charge in [0.2, 0.25) is 5.82 Å². The van der Waals surface area contributed by atoms with Crippen molar-refractivity contribution in [2.75, 3.05) is 19.8 Å². The number of nitrogens with two attached hydrogens (primary N) is 1. The van der Waals surface area contributed by atoms with Crippen LogP contribution >= 0.6 is 0 Å². The summed E-state index contributed by atoms with van der Waals surface area (Å²) in [6.45, 7) is 1.60. The molecule has 0 fully saturated rings. The first-order valence-electron chi connectivity index (χ1n) is 10.1. The summed E-state index contributed by atoms with van der Waals surface area (Å²) in [6.07, 6.45) is 0.842. The van der Waals surface area contributed by atoms with E-state index in [1.54, 1.807) is 42.5 Å². The smallest absolute Gasteiger partial charge is 0.258 e. The van der Waals surface area contributed by atoms with Crippen molar-refractivity contribution in [3.05, 3.63) is 53.8 Å². The number of rotatable bonds is 8. The average molecular weight is 434 g/mol. The summed E-state index contributed by atoms with van der Waals surface area (Å²) in [4.78, 5) is 4.45. The van der Waals surface area contributed by atoms with Crippen LogP contribution in [0.1, 0.15) is 24.7 Å². The highest BCUT2D eigenvalue weighted by molar-refractivity contribution is 5.83. The number of hydrogen-bond acceptors (Lipinski definition) is 9. The Morgan fingerprint density at radius 1 is 1.12 bits per heavy atom. The van der Waals surface area contributed by atoms with Crippen molar-refractivity contribution in [3.8, 4) is 34.7 Å². The molecule has 0 saturated heterocycles. The van der Waals surface area contributed by atoms with Crippen LogP contribution < -0.4 is 10.5 Å². The van der Waals surface area contributed by atoms with Crippen LogP contribution in [0.25, 0.3) is 33.8 Å². The molecule has 0 aliphatic heterocycles. The number of aromatic nitrogens is 2. The van der Waals surface area contributed by atoms with Gasteiger partial charge in [0.05, 0.1) is 25.4 Å². The summed E-state index contributed by atoms with van der Waals surface area (Å²) in [5, 5.41) is 33.2. The molecule has 4 N–H and O–H groups in total. The molecule has 0 aliphatic carbocycles. The molecule has 9 heteroatoms. The Balaban J connectivity index is 1.64. The van der Waals surface area contributed by atoms with Gasteiger partial charge in [-0.15, -0.1) is 0 Å². The lowest BCUT2D eigenvalue weighted by Crippen LogP contribution is -2.43. The molecular weight excluding hydrogens is 412 g/mol. The molecule has 0 aliphatic rings. The summed E-state index contributed by atoms with van der Waals surface area (Å²) >= 11 is 0. The molecule has 0 radical (unpaired) electrons. The number of nitrogens with zero attached hydrogens (tertiary/aromatic N) is 3. The van der Waals surface area contributed by atoms with Crippen LogP contribution in [-0.4, -0.2) is 40.2 Å². The Hall–Kier alpha value is -3.71. The Morgan fingerprint density at radius 2 is 1.91 bits per heavy atom. The summed E-state index contributed by atoms with van der Waals surface area (Å²) in [5.74, 6) is 1.42. The second-order valence-electron chi connectivity index (χ2n) is 7.43. The van der Waals surface area contributed by atoms with Gasteiger partial charge < -0.3 is 29.6 Å². The molecule has 2 aromatic heterocycles. The molecule has 0 atom stereocenters. The topological polar surface area (TPSA) is 152 Å². The fourth-order valence-electron chi connectivity index (χ4n) is 3.18. The summed E-state index contributed by atoms with van der Waals surface area (Å²) in [5.41, 5.74) is 6.85. The van der Waals surface area contributed by atoms with Gasteiger partial charge in [-0.25, -0.2) is 0 Å². The summed E-state index contributed by atoms with van der Waals surface area (Å²) in [6, 6.07) is 14.2. The third kappa shape index (κ3) is 3.94. The second-order valence-corrected chi connectivity index (χ2v) is 7.43. The number of aliphatic hydroxyl groups excluding tert-OH is 2. The van der Waals surface area contributed by atoms with E-state index in [0.717, 1.165) is 6.42 Å². The SMILES string of the molecule is CCCOc1ccc(-c2nc(-c3ccc4oc(C(N)(CO)CO)cc4c3)no2)cc1C#N. The fourth-order valence-corrected chi connectivity index (χ4v) is 3.18.